The van der Waals surface area contributed by atoms with Crippen molar-refractivity contribution in [1.82, 2.24) is 9.80 Å². The summed E-state index contributed by atoms with van der Waals surface area (Å²) in [7, 11) is 0. The molecule has 0 bridgehead atoms. The first-order valence-corrected chi connectivity index (χ1v) is 13.2. The summed E-state index contributed by atoms with van der Waals surface area (Å²) in [5.74, 6) is -1.33. The predicted molar refractivity (Wildman–Crippen MR) is 141 cm³/mol. The first-order valence-electron chi connectivity index (χ1n) is 12.8. The quantitative estimate of drug-likeness (QED) is 0.393. The van der Waals surface area contributed by atoms with E-state index < -0.39 is 23.0 Å². The van der Waals surface area contributed by atoms with Crippen LogP contribution in [-0.2, 0) is 17.8 Å². The molecule has 0 aromatic heterocycles. The van der Waals surface area contributed by atoms with E-state index in [9.17, 15) is 18.4 Å². The summed E-state index contributed by atoms with van der Waals surface area (Å²) < 4.78 is 33.5. The predicted octanol–water partition coefficient (Wildman–Crippen LogP) is 5.89. The Morgan fingerprint density at radius 1 is 0.868 bits per heavy atom. The number of piperidine rings is 1. The second-order valence-corrected chi connectivity index (χ2v) is 10.6. The van der Waals surface area contributed by atoms with E-state index >= 15 is 0 Å². The van der Waals surface area contributed by atoms with Crippen molar-refractivity contribution in [2.45, 2.75) is 32.2 Å². The maximum Gasteiger partial charge on any atom is 0.254 e. The van der Waals surface area contributed by atoms with Gasteiger partial charge in [0.25, 0.3) is 5.91 Å². The molecule has 0 N–H and O–H groups in total. The number of carbonyl (C=O) groups excluding carboxylic acids is 2. The molecule has 0 saturated carbocycles. The van der Waals surface area contributed by atoms with E-state index in [-0.39, 0.29) is 17.9 Å². The molecule has 2 aliphatic heterocycles. The van der Waals surface area contributed by atoms with E-state index in [4.69, 9.17) is 16.3 Å². The van der Waals surface area contributed by atoms with E-state index in [1.54, 1.807) is 23.1 Å². The molecule has 0 unspecified atom stereocenters. The minimum atomic E-state index is -0.789. The lowest BCUT2D eigenvalue weighted by Crippen LogP contribution is -2.48. The molecule has 1 saturated heterocycles. The van der Waals surface area contributed by atoms with Crippen molar-refractivity contribution >= 4 is 23.4 Å². The van der Waals surface area contributed by atoms with Crippen molar-refractivity contribution in [3.8, 4) is 5.75 Å². The zero-order valence-corrected chi connectivity index (χ0v) is 21.7. The molecule has 5 nitrogen and oxygen atoms in total. The fourth-order valence-corrected chi connectivity index (χ4v) is 5.53. The normalized spacial score (nSPS) is 16.6. The molecule has 0 spiro atoms. The van der Waals surface area contributed by atoms with Gasteiger partial charge in [0.15, 0.2) is 0 Å². The van der Waals surface area contributed by atoms with Gasteiger partial charge in [-0.1, -0.05) is 41.9 Å². The Kier molecular flexibility index (Phi) is 7.65. The Labute approximate surface area is 226 Å². The molecule has 2 heterocycles. The highest BCUT2D eigenvalue weighted by molar-refractivity contribution is 6.30. The Hall–Kier alpha value is -3.45. The smallest absolute Gasteiger partial charge is 0.254 e. The van der Waals surface area contributed by atoms with Gasteiger partial charge in [0.05, 0.1) is 6.61 Å². The monoisotopic (exact) mass is 538 g/mol. The van der Waals surface area contributed by atoms with Crippen molar-refractivity contribution in [2.24, 2.45) is 5.41 Å². The van der Waals surface area contributed by atoms with Crippen LogP contribution in [0.15, 0.2) is 66.7 Å². The molecule has 0 radical (unpaired) electrons. The van der Waals surface area contributed by atoms with Crippen molar-refractivity contribution in [3.05, 3.63) is 100 Å². The van der Waals surface area contributed by atoms with Gasteiger partial charge in [-0.05, 0) is 60.7 Å². The van der Waals surface area contributed by atoms with Gasteiger partial charge in [-0.2, -0.15) is 0 Å². The van der Waals surface area contributed by atoms with Crippen LogP contribution in [0.3, 0.4) is 0 Å². The number of rotatable bonds is 6. The van der Waals surface area contributed by atoms with Crippen molar-refractivity contribution in [3.63, 3.8) is 0 Å². The average Bonchev–Trinajstić information content (AvgIpc) is 2.91. The molecule has 8 heteroatoms. The second kappa shape index (κ2) is 11.1. The highest BCUT2D eigenvalue weighted by atomic mass is 35.5. The van der Waals surface area contributed by atoms with Crippen LogP contribution >= 0.6 is 11.6 Å². The fraction of sp³-hybridized carbons (Fsp3) is 0.333. The number of hydrogen-bond donors (Lipinski definition) is 0. The summed E-state index contributed by atoms with van der Waals surface area (Å²) in [6, 6.07) is 18.1. The van der Waals surface area contributed by atoms with Crippen LogP contribution in [0.5, 0.6) is 5.75 Å². The molecular weight excluding hydrogens is 510 g/mol. The minimum absolute atomic E-state index is 0.0202. The molecule has 38 heavy (non-hydrogen) atoms. The summed E-state index contributed by atoms with van der Waals surface area (Å²) in [5.41, 5.74) is 1.92. The van der Waals surface area contributed by atoms with Gasteiger partial charge in [0.2, 0.25) is 5.91 Å². The first-order chi connectivity index (χ1) is 18.3. The minimum Gasteiger partial charge on any atom is -0.493 e. The summed E-state index contributed by atoms with van der Waals surface area (Å²) in [5, 5.41) is 0.558. The van der Waals surface area contributed by atoms with Crippen LogP contribution in [-0.4, -0.2) is 47.9 Å². The maximum atomic E-state index is 13.7. The highest BCUT2D eigenvalue weighted by Gasteiger charge is 2.40. The Morgan fingerprint density at radius 2 is 1.58 bits per heavy atom. The molecule has 5 rings (SSSR count). The van der Waals surface area contributed by atoms with Gasteiger partial charge < -0.3 is 14.5 Å². The van der Waals surface area contributed by atoms with E-state index in [1.165, 1.54) is 11.1 Å². The van der Waals surface area contributed by atoms with Crippen molar-refractivity contribution in [2.75, 3.05) is 26.2 Å². The number of carbonyl (C=O) groups is 2. The van der Waals surface area contributed by atoms with Gasteiger partial charge >= 0.3 is 0 Å². The molecule has 1 fully saturated rings. The first kappa shape index (κ1) is 26.2. The maximum absolute atomic E-state index is 13.7. The number of ether oxygens (including phenoxy) is 1. The topological polar surface area (TPSA) is 49.9 Å². The molecule has 198 valence electrons. The third-order valence-electron chi connectivity index (χ3n) is 7.57. The van der Waals surface area contributed by atoms with Crippen molar-refractivity contribution < 1.29 is 23.1 Å². The molecule has 0 atom stereocenters. The van der Waals surface area contributed by atoms with Gasteiger partial charge in [0, 0.05) is 54.7 Å². The molecule has 2 amide bonds. The van der Waals surface area contributed by atoms with E-state index in [2.05, 4.69) is 12.1 Å². The van der Waals surface area contributed by atoms with E-state index in [0.717, 1.165) is 24.6 Å². The number of fused-ring (bicyclic) bond motifs is 1. The summed E-state index contributed by atoms with van der Waals surface area (Å²) >= 11 is 6.12. The largest absolute Gasteiger partial charge is 0.493 e. The van der Waals surface area contributed by atoms with Crippen LogP contribution in [0.4, 0.5) is 8.78 Å². The fourth-order valence-electron chi connectivity index (χ4n) is 5.35. The third kappa shape index (κ3) is 5.99. The number of nitrogens with zero attached hydrogens (tertiary/aromatic N) is 2. The molecular formula is C30H29ClF2N2O3. The van der Waals surface area contributed by atoms with Gasteiger partial charge in [-0.25, -0.2) is 8.78 Å². The zero-order chi connectivity index (χ0) is 26.7. The third-order valence-corrected chi connectivity index (χ3v) is 7.81. The molecule has 2 aliphatic rings. The van der Waals surface area contributed by atoms with Gasteiger partial charge in [0.1, 0.15) is 17.4 Å². The van der Waals surface area contributed by atoms with Crippen LogP contribution in [0.2, 0.25) is 5.02 Å². The summed E-state index contributed by atoms with van der Waals surface area (Å²) in [4.78, 5) is 30.0. The van der Waals surface area contributed by atoms with E-state index in [0.29, 0.717) is 56.4 Å². The number of likely N-dealkylation sites (tertiary alicyclic amines) is 1. The van der Waals surface area contributed by atoms with Gasteiger partial charge in [-0.15, -0.1) is 0 Å². The second-order valence-electron chi connectivity index (χ2n) is 10.2. The Bertz CT molecular complexity index is 1320. The number of benzene rings is 3. The average molecular weight is 539 g/mol. The standard InChI is InChI=1S/C30H29ClF2N2O3/c31-24-6-3-7-27(16-24)38-20-30(18-28(36)35-11-8-21-4-1-2-5-22(21)19-35)9-12-34(13-10-30)29(37)23-14-25(32)17-26(33)15-23/h1-7,14-17H,8-13,18-20H2. The summed E-state index contributed by atoms with van der Waals surface area (Å²) in [6.07, 6.45) is 2.15. The molecule has 3 aromatic rings. The molecule has 3 aromatic carbocycles. The van der Waals surface area contributed by atoms with Gasteiger partial charge in [-0.3, -0.25) is 9.59 Å². The van der Waals surface area contributed by atoms with Crippen LogP contribution in [0, 0.1) is 17.0 Å². The lowest BCUT2D eigenvalue weighted by atomic mass is 9.75. The van der Waals surface area contributed by atoms with Crippen LogP contribution in [0.1, 0.15) is 40.7 Å². The summed E-state index contributed by atoms with van der Waals surface area (Å²) in [6.45, 7) is 2.24. The Morgan fingerprint density at radius 3 is 2.29 bits per heavy atom. The molecule has 0 aliphatic carbocycles. The SMILES string of the molecule is O=C(CC1(COc2cccc(Cl)c2)CCN(C(=O)c2cc(F)cc(F)c2)CC1)N1CCc2ccccc2C1. The number of amides is 2. The van der Waals surface area contributed by atoms with E-state index in [1.807, 2.05) is 23.1 Å². The highest BCUT2D eigenvalue weighted by Crippen LogP contribution is 2.38. The number of hydrogen-bond acceptors (Lipinski definition) is 3. The zero-order valence-electron chi connectivity index (χ0n) is 21.0. The lowest BCUT2D eigenvalue weighted by molar-refractivity contribution is -0.136. The lowest BCUT2D eigenvalue weighted by Gasteiger charge is -2.42. The number of halogens is 3. The van der Waals surface area contributed by atoms with Crippen LogP contribution in [0.25, 0.3) is 0 Å². The van der Waals surface area contributed by atoms with Crippen molar-refractivity contribution in [1.29, 1.82) is 0 Å². The van der Waals surface area contributed by atoms with Crippen LogP contribution < -0.4 is 4.74 Å². The Balaban J connectivity index is 1.30.